The highest BCUT2D eigenvalue weighted by atomic mass is 16.3. The first-order chi connectivity index (χ1) is 26.0. The summed E-state index contributed by atoms with van der Waals surface area (Å²) in [6.07, 6.45) is 0. The molecular weight excluding hydrogens is 649 g/mol. The van der Waals surface area contributed by atoms with Gasteiger partial charge in [-0.2, -0.15) is 0 Å². The van der Waals surface area contributed by atoms with Gasteiger partial charge in [0.2, 0.25) is 0 Å². The van der Waals surface area contributed by atoms with Gasteiger partial charge in [0.15, 0.2) is 17.5 Å². The number of furan rings is 1. The Hall–Kier alpha value is -6.85. The minimum Gasteiger partial charge on any atom is -0.455 e. The lowest BCUT2D eigenvalue weighted by Gasteiger charge is -2.21. The summed E-state index contributed by atoms with van der Waals surface area (Å²) >= 11 is 0. The average molecular weight is 681 g/mol. The molecule has 0 fully saturated rings. The number of hydrogen-bond acceptors (Lipinski definition) is 4. The maximum atomic E-state index is 6.83. The molecule has 3 heterocycles. The van der Waals surface area contributed by atoms with Crippen LogP contribution in [0.25, 0.3) is 94.7 Å². The van der Waals surface area contributed by atoms with Gasteiger partial charge in [0.05, 0.1) is 22.0 Å². The molecule has 0 bridgehead atoms. The predicted molar refractivity (Wildman–Crippen MR) is 215 cm³/mol. The molecule has 1 aliphatic carbocycles. The Bertz CT molecular complexity index is 3080. The first-order valence-corrected chi connectivity index (χ1v) is 18.0. The lowest BCUT2D eigenvalue weighted by atomic mass is 9.82. The Kier molecular flexibility index (Phi) is 6.23. The van der Waals surface area contributed by atoms with Gasteiger partial charge >= 0.3 is 0 Å². The zero-order valence-corrected chi connectivity index (χ0v) is 29.2. The maximum Gasteiger partial charge on any atom is 0.167 e. The van der Waals surface area contributed by atoms with E-state index in [0.29, 0.717) is 17.5 Å². The van der Waals surface area contributed by atoms with E-state index in [1.54, 1.807) is 0 Å². The molecule has 7 aromatic carbocycles. The van der Waals surface area contributed by atoms with Crippen LogP contribution in [0.5, 0.6) is 0 Å². The van der Waals surface area contributed by atoms with E-state index < -0.39 is 0 Å². The van der Waals surface area contributed by atoms with Crippen molar-refractivity contribution in [3.8, 4) is 51.0 Å². The summed E-state index contributed by atoms with van der Waals surface area (Å²) in [5.41, 5.74) is 12.7. The van der Waals surface area contributed by atoms with E-state index in [2.05, 4.69) is 146 Å². The lowest BCUT2D eigenvalue weighted by Crippen LogP contribution is -2.15. The number of rotatable bonds is 4. The molecule has 0 radical (unpaired) electrons. The SMILES string of the molecule is CC1(C)c2ccccc2-c2ccc(-c3nc(-c4ccccc4)nc(-c4cccc5c4oc4ccc6c7ccccc7n(-c7ccccc7)c6c45)n3)cc21. The summed E-state index contributed by atoms with van der Waals surface area (Å²) < 4.78 is 9.19. The van der Waals surface area contributed by atoms with Crippen molar-refractivity contribution in [3.63, 3.8) is 0 Å². The van der Waals surface area contributed by atoms with Crippen molar-refractivity contribution in [1.29, 1.82) is 0 Å². The molecule has 10 aromatic rings. The zero-order valence-electron chi connectivity index (χ0n) is 29.2. The minimum absolute atomic E-state index is 0.145. The van der Waals surface area contributed by atoms with Crippen LogP contribution >= 0.6 is 0 Å². The Balaban J connectivity index is 1.16. The molecule has 5 heteroatoms. The summed E-state index contributed by atoms with van der Waals surface area (Å²) in [6, 6.07) is 55.2. The molecule has 0 saturated heterocycles. The van der Waals surface area contributed by atoms with Crippen LogP contribution in [0.3, 0.4) is 0 Å². The first-order valence-electron chi connectivity index (χ1n) is 18.0. The number of para-hydroxylation sites is 3. The van der Waals surface area contributed by atoms with Crippen LogP contribution in [0.2, 0.25) is 0 Å². The molecule has 53 heavy (non-hydrogen) atoms. The lowest BCUT2D eigenvalue weighted by molar-refractivity contribution is 0.660. The van der Waals surface area contributed by atoms with Crippen LogP contribution in [0, 0.1) is 0 Å². The van der Waals surface area contributed by atoms with Gasteiger partial charge in [-0.15, -0.1) is 0 Å². The number of benzene rings is 7. The Morgan fingerprint density at radius 1 is 0.491 bits per heavy atom. The van der Waals surface area contributed by atoms with E-state index in [4.69, 9.17) is 19.4 Å². The number of hydrogen-bond donors (Lipinski definition) is 0. The monoisotopic (exact) mass is 680 g/mol. The fraction of sp³-hybridized carbons (Fsp3) is 0.0625. The maximum absolute atomic E-state index is 6.83. The second kappa shape index (κ2) is 11.1. The topological polar surface area (TPSA) is 56.7 Å². The fourth-order valence-corrected chi connectivity index (χ4v) is 8.54. The molecule has 0 amide bonds. The van der Waals surface area contributed by atoms with Crippen molar-refractivity contribution in [3.05, 3.63) is 169 Å². The standard InChI is InChI=1S/C48H32N4O/c1-48(2)38-22-11-9-18-32(38)33-25-24-30(28-39(33)48)46-49-45(29-14-5-3-6-15-29)50-47(51-46)37-21-13-20-36-42-41(53-44(36)37)27-26-35-34-19-10-12-23-40(34)52(43(35)42)31-16-7-4-8-17-31/h3-28H,1-2H3. The van der Waals surface area contributed by atoms with Crippen molar-refractivity contribution >= 4 is 43.7 Å². The van der Waals surface area contributed by atoms with E-state index in [-0.39, 0.29) is 5.41 Å². The van der Waals surface area contributed by atoms with E-state index in [1.165, 1.54) is 33.0 Å². The van der Waals surface area contributed by atoms with Crippen molar-refractivity contribution in [2.45, 2.75) is 19.3 Å². The number of aromatic nitrogens is 4. The van der Waals surface area contributed by atoms with Crippen LogP contribution in [-0.2, 0) is 5.41 Å². The van der Waals surface area contributed by atoms with Gasteiger partial charge in [0.25, 0.3) is 0 Å². The van der Waals surface area contributed by atoms with Crippen LogP contribution < -0.4 is 0 Å². The zero-order chi connectivity index (χ0) is 35.3. The average Bonchev–Trinajstić information content (AvgIpc) is 3.84. The summed E-state index contributed by atoms with van der Waals surface area (Å²) in [5.74, 6) is 1.82. The second-order valence-corrected chi connectivity index (χ2v) is 14.4. The first kappa shape index (κ1) is 29.8. The number of fused-ring (bicyclic) bond motifs is 10. The van der Waals surface area contributed by atoms with Gasteiger partial charge in [0.1, 0.15) is 11.2 Å². The molecule has 0 spiro atoms. The summed E-state index contributed by atoms with van der Waals surface area (Å²) in [7, 11) is 0. The van der Waals surface area contributed by atoms with Gasteiger partial charge in [-0.05, 0) is 64.7 Å². The fourth-order valence-electron chi connectivity index (χ4n) is 8.54. The summed E-state index contributed by atoms with van der Waals surface area (Å²) in [4.78, 5) is 15.4. The Morgan fingerprint density at radius 2 is 1.15 bits per heavy atom. The van der Waals surface area contributed by atoms with E-state index in [1.807, 2.05) is 30.3 Å². The van der Waals surface area contributed by atoms with Crippen LogP contribution in [-0.4, -0.2) is 19.5 Å². The highest BCUT2D eigenvalue weighted by molar-refractivity contribution is 6.25. The van der Waals surface area contributed by atoms with Gasteiger partial charge in [0, 0.05) is 38.4 Å². The molecule has 5 nitrogen and oxygen atoms in total. The van der Waals surface area contributed by atoms with Crippen LogP contribution in [0.4, 0.5) is 0 Å². The molecule has 0 N–H and O–H groups in total. The molecule has 0 saturated carbocycles. The molecular formula is C48H32N4O. The van der Waals surface area contributed by atoms with E-state index in [9.17, 15) is 0 Å². The Morgan fingerprint density at radius 3 is 2.00 bits per heavy atom. The molecule has 250 valence electrons. The largest absolute Gasteiger partial charge is 0.455 e. The highest BCUT2D eigenvalue weighted by Crippen LogP contribution is 2.49. The quantitative estimate of drug-likeness (QED) is 0.186. The normalized spacial score (nSPS) is 13.2. The number of nitrogens with zero attached hydrogens (tertiary/aromatic N) is 4. The third-order valence-corrected chi connectivity index (χ3v) is 11.1. The minimum atomic E-state index is -0.145. The third-order valence-electron chi connectivity index (χ3n) is 11.1. The molecule has 0 unspecified atom stereocenters. The summed E-state index contributed by atoms with van der Waals surface area (Å²) in [6.45, 7) is 4.60. The van der Waals surface area contributed by atoms with Crippen molar-refractivity contribution in [1.82, 2.24) is 19.5 Å². The molecule has 0 aliphatic heterocycles. The highest BCUT2D eigenvalue weighted by Gasteiger charge is 2.35. The smallest absolute Gasteiger partial charge is 0.167 e. The molecule has 1 aliphatic rings. The van der Waals surface area contributed by atoms with Gasteiger partial charge in [-0.3, -0.25) is 0 Å². The third kappa shape index (κ3) is 4.34. The van der Waals surface area contributed by atoms with Crippen molar-refractivity contribution in [2.24, 2.45) is 0 Å². The Labute approximate surface area is 305 Å². The van der Waals surface area contributed by atoms with Gasteiger partial charge < -0.3 is 8.98 Å². The van der Waals surface area contributed by atoms with Crippen molar-refractivity contribution in [2.75, 3.05) is 0 Å². The molecule has 3 aromatic heterocycles. The predicted octanol–water partition coefficient (Wildman–Crippen LogP) is 12.2. The summed E-state index contributed by atoms with van der Waals surface area (Å²) in [5, 5.41) is 4.47. The molecule has 0 atom stereocenters. The van der Waals surface area contributed by atoms with Crippen LogP contribution in [0.1, 0.15) is 25.0 Å². The van der Waals surface area contributed by atoms with Gasteiger partial charge in [-0.1, -0.05) is 129 Å². The van der Waals surface area contributed by atoms with E-state index >= 15 is 0 Å². The van der Waals surface area contributed by atoms with Crippen LogP contribution in [0.15, 0.2) is 162 Å². The van der Waals surface area contributed by atoms with Gasteiger partial charge in [-0.25, -0.2) is 15.0 Å². The second-order valence-electron chi connectivity index (χ2n) is 14.4. The van der Waals surface area contributed by atoms with Crippen molar-refractivity contribution < 1.29 is 4.42 Å². The van der Waals surface area contributed by atoms with E-state index in [0.717, 1.165) is 55.3 Å². The molecule has 11 rings (SSSR count).